The highest BCUT2D eigenvalue weighted by Crippen LogP contribution is 2.25. The van der Waals surface area contributed by atoms with E-state index in [9.17, 15) is 57.5 Å². The van der Waals surface area contributed by atoms with Crippen LogP contribution in [0.4, 0.5) is 0 Å². The molecule has 7 amide bonds. The average molecular weight is 1020 g/mol. The topological polar surface area (TPSA) is 252 Å². The second-order valence-electron chi connectivity index (χ2n) is 14.4. The minimum absolute atomic E-state index is 0.00397. The van der Waals surface area contributed by atoms with Crippen molar-refractivity contribution in [2.24, 2.45) is 0 Å². The maximum absolute atomic E-state index is 12.1. The van der Waals surface area contributed by atoms with E-state index >= 15 is 0 Å². The minimum Gasteiger partial charge on any atom is -0.464 e. The molecule has 24 heteroatoms. The van der Waals surface area contributed by atoms with Crippen LogP contribution in [0.5, 0.6) is 0 Å². The Kier molecular flexibility index (Phi) is 38.8. The molecule has 0 N–H and O–H groups in total. The number of aldehydes is 2. The summed E-state index contributed by atoms with van der Waals surface area (Å²) in [5.74, 6) is -1.24. The van der Waals surface area contributed by atoms with Gasteiger partial charge < -0.3 is 33.8 Å². The molecule has 1 aliphatic heterocycles. The SMILES string of the molecule is CCCN(C)C(=O)/C(=C\C=O)SCCC(=O)OCCN(C)C.CCCN(C)C(=O)/C=C(\C=O)SCCC(=O)OCCN(C)C=O.CCCN1C(=O)C=C(SCCC(=O)OCCN(C=O)C=O)C1=O. The number of ether oxygens (including phenoxy) is 3. The summed E-state index contributed by atoms with van der Waals surface area (Å²) >= 11 is 3.47. The summed E-state index contributed by atoms with van der Waals surface area (Å²) in [7, 11) is 8.76. The number of hydrogen-bond acceptors (Lipinski definition) is 19. The summed E-state index contributed by atoms with van der Waals surface area (Å²) in [6.07, 6.45) is 9.09. The number of likely N-dealkylation sites (N-methyl/N-ethyl adjacent to an activating group) is 4. The van der Waals surface area contributed by atoms with Crippen molar-refractivity contribution in [1.29, 1.82) is 0 Å². The standard InChI is InChI=1S/C15H24N2O5S.C15H26N2O4S.C14H18N2O6S/c1-4-6-17(3)14(20)10-13(11-18)23-9-5-15(21)22-8-7-16(2)12-19;1-5-8-17(4)15(20)13(6-10-18)22-12-7-14(19)21-11-9-16(2)3;1-2-4-16-12(19)8-11(14(16)21)23-7-3-13(20)22-6-5-15(9-17)10-18/h10-12H,4-9H2,1-3H3;6,10H,5,7-9,11-12H2,1-4H3;8-10H,2-7H2,1H3/b13-10+;13-6+;. The minimum atomic E-state index is -0.503. The fourth-order valence-corrected chi connectivity index (χ4v) is 7.31. The van der Waals surface area contributed by atoms with E-state index in [1.54, 1.807) is 26.0 Å². The molecular formula is C44H68N6O15S3. The highest BCUT2D eigenvalue weighted by atomic mass is 32.2. The Hall–Kier alpha value is -5.33. The molecule has 0 atom stereocenters. The van der Waals surface area contributed by atoms with E-state index in [1.165, 1.54) is 44.7 Å². The Morgan fingerprint density at radius 3 is 1.68 bits per heavy atom. The molecule has 1 aliphatic rings. The second-order valence-corrected chi connectivity index (χ2v) is 17.9. The van der Waals surface area contributed by atoms with Gasteiger partial charge in [-0.1, -0.05) is 20.8 Å². The molecule has 0 aromatic rings. The molecule has 0 saturated carbocycles. The zero-order valence-electron chi connectivity index (χ0n) is 40.4. The zero-order chi connectivity index (χ0) is 51.9. The van der Waals surface area contributed by atoms with E-state index < -0.39 is 11.9 Å². The van der Waals surface area contributed by atoms with Crippen molar-refractivity contribution < 1.29 is 71.7 Å². The highest BCUT2D eigenvalue weighted by molar-refractivity contribution is 8.04. The number of amides is 7. The number of imide groups is 2. The largest absolute Gasteiger partial charge is 0.464 e. The van der Waals surface area contributed by atoms with Gasteiger partial charge in [-0.25, -0.2) is 0 Å². The monoisotopic (exact) mass is 1020 g/mol. The van der Waals surface area contributed by atoms with Crippen LogP contribution in [0.25, 0.3) is 0 Å². The van der Waals surface area contributed by atoms with Crippen LogP contribution in [0.1, 0.15) is 59.3 Å². The molecular weight excluding hydrogens is 949 g/mol. The fourth-order valence-electron chi connectivity index (χ4n) is 4.73. The number of carbonyl (C=O) groups excluding carboxylic acids is 12. The van der Waals surface area contributed by atoms with E-state index in [4.69, 9.17) is 14.2 Å². The summed E-state index contributed by atoms with van der Waals surface area (Å²) in [6.45, 7) is 8.85. The van der Waals surface area contributed by atoms with E-state index in [0.29, 0.717) is 105 Å². The van der Waals surface area contributed by atoms with Crippen LogP contribution >= 0.6 is 35.3 Å². The molecule has 68 heavy (non-hydrogen) atoms. The van der Waals surface area contributed by atoms with Gasteiger partial charge in [-0.15, -0.1) is 35.3 Å². The Balaban J connectivity index is 0. The quantitative estimate of drug-likeness (QED) is 0.0293. The third kappa shape index (κ3) is 31.6. The van der Waals surface area contributed by atoms with E-state index in [1.807, 2.05) is 39.8 Å². The van der Waals surface area contributed by atoms with Crippen LogP contribution in [0.3, 0.4) is 0 Å². The summed E-state index contributed by atoms with van der Waals surface area (Å²) < 4.78 is 14.9. The summed E-state index contributed by atoms with van der Waals surface area (Å²) in [6, 6.07) is 0. The highest BCUT2D eigenvalue weighted by Gasteiger charge is 2.30. The molecule has 0 aromatic carbocycles. The normalized spacial score (nSPS) is 12.0. The second kappa shape index (κ2) is 40.7. The third-order valence-corrected chi connectivity index (χ3v) is 11.3. The molecule has 0 bridgehead atoms. The lowest BCUT2D eigenvalue weighted by molar-refractivity contribution is -0.145. The lowest BCUT2D eigenvalue weighted by Crippen LogP contribution is -2.31. The number of rotatable bonds is 34. The van der Waals surface area contributed by atoms with Crippen molar-refractivity contribution in [2.45, 2.75) is 59.3 Å². The molecule has 0 fully saturated rings. The summed E-state index contributed by atoms with van der Waals surface area (Å²) in [5, 5.41) is 0. The third-order valence-electron chi connectivity index (χ3n) is 8.35. The first-order valence-electron chi connectivity index (χ1n) is 21.6. The molecule has 1 rings (SSSR count). The van der Waals surface area contributed by atoms with Gasteiger partial charge in [0.1, 0.15) is 26.1 Å². The van der Waals surface area contributed by atoms with Crippen LogP contribution in [-0.4, -0.2) is 214 Å². The summed E-state index contributed by atoms with van der Waals surface area (Å²) in [5.41, 5.74) is 0. The lowest BCUT2D eigenvalue weighted by atomic mass is 10.4. The summed E-state index contributed by atoms with van der Waals surface area (Å²) in [4.78, 5) is 144. The van der Waals surface area contributed by atoms with Gasteiger partial charge in [0, 0.05) is 76.7 Å². The van der Waals surface area contributed by atoms with Crippen molar-refractivity contribution in [3.8, 4) is 0 Å². The van der Waals surface area contributed by atoms with Gasteiger partial charge in [-0.05, 0) is 39.4 Å². The average Bonchev–Trinajstić information content (AvgIpc) is 3.57. The first kappa shape index (κ1) is 64.8. The number of carbonyl (C=O) groups is 12. The molecule has 21 nitrogen and oxygen atoms in total. The molecule has 0 saturated heterocycles. The van der Waals surface area contributed by atoms with Crippen molar-refractivity contribution in [2.75, 3.05) is 112 Å². The number of esters is 3. The Morgan fingerprint density at radius 2 is 1.18 bits per heavy atom. The zero-order valence-corrected chi connectivity index (χ0v) is 42.8. The van der Waals surface area contributed by atoms with Crippen molar-refractivity contribution in [3.63, 3.8) is 0 Å². The first-order valence-corrected chi connectivity index (χ1v) is 24.6. The van der Waals surface area contributed by atoms with Crippen LogP contribution in [-0.2, 0) is 71.7 Å². The number of nitrogens with zero attached hydrogens (tertiary/aromatic N) is 6. The smallest absolute Gasteiger partial charge is 0.306 e. The van der Waals surface area contributed by atoms with E-state index in [-0.39, 0.29) is 73.5 Å². The van der Waals surface area contributed by atoms with Crippen LogP contribution < -0.4 is 0 Å². The first-order chi connectivity index (χ1) is 32.4. The molecule has 382 valence electrons. The molecule has 0 unspecified atom stereocenters. The number of hydrogen-bond donors (Lipinski definition) is 0. The predicted molar refractivity (Wildman–Crippen MR) is 259 cm³/mol. The Morgan fingerprint density at radius 1 is 0.647 bits per heavy atom. The van der Waals surface area contributed by atoms with Gasteiger partial charge in [0.05, 0.1) is 47.1 Å². The molecule has 0 aromatic heterocycles. The predicted octanol–water partition coefficient (Wildman–Crippen LogP) is 1.79. The molecule has 0 aliphatic carbocycles. The number of allylic oxidation sites excluding steroid dienone is 2. The van der Waals surface area contributed by atoms with E-state index in [2.05, 4.69) is 0 Å². The lowest BCUT2D eigenvalue weighted by Gasteiger charge is -2.17. The Labute approximate surface area is 412 Å². The van der Waals surface area contributed by atoms with Crippen molar-refractivity contribution in [1.82, 2.24) is 29.4 Å². The molecule has 0 spiro atoms. The maximum Gasteiger partial charge on any atom is 0.306 e. The molecule has 1 heterocycles. The Bertz CT molecular complexity index is 1740. The van der Waals surface area contributed by atoms with E-state index in [0.717, 1.165) is 41.3 Å². The number of thioether (sulfide) groups is 3. The molecule has 0 radical (unpaired) electrons. The van der Waals surface area contributed by atoms with Gasteiger partial charge in [-0.3, -0.25) is 67.3 Å². The van der Waals surface area contributed by atoms with Crippen molar-refractivity contribution in [3.05, 3.63) is 32.9 Å². The van der Waals surface area contributed by atoms with Gasteiger partial charge in [-0.2, -0.15) is 0 Å². The maximum atomic E-state index is 12.1. The van der Waals surface area contributed by atoms with Crippen LogP contribution in [0.2, 0.25) is 0 Å². The van der Waals surface area contributed by atoms with Gasteiger partial charge >= 0.3 is 17.9 Å². The van der Waals surface area contributed by atoms with Crippen molar-refractivity contribution >= 4 is 109 Å². The van der Waals surface area contributed by atoms with Gasteiger partial charge in [0.15, 0.2) is 6.29 Å². The van der Waals surface area contributed by atoms with Crippen LogP contribution in [0, 0.1) is 0 Å². The van der Waals surface area contributed by atoms with Crippen LogP contribution in [0.15, 0.2) is 32.9 Å². The van der Waals surface area contributed by atoms with Gasteiger partial charge in [0.25, 0.3) is 17.7 Å². The van der Waals surface area contributed by atoms with Gasteiger partial charge in [0.2, 0.25) is 25.1 Å². The fraction of sp³-hybridized carbons (Fsp3) is 0.591.